The highest BCUT2D eigenvalue weighted by molar-refractivity contribution is 7.90. The summed E-state index contributed by atoms with van der Waals surface area (Å²) in [5.74, 6) is 0.833. The Balaban J connectivity index is 2.33. The zero-order valence-corrected chi connectivity index (χ0v) is 10.5. The van der Waals surface area contributed by atoms with Crippen LogP contribution in [0.4, 0.5) is 0 Å². The van der Waals surface area contributed by atoms with Crippen molar-refractivity contribution in [3.05, 3.63) is 0 Å². The third-order valence-corrected chi connectivity index (χ3v) is 4.45. The Bertz CT molecular complexity index is 297. The Hall–Kier alpha value is -0.0900. The second kappa shape index (κ2) is 4.83. The number of hydrogen-bond acceptors (Lipinski definition) is 3. The maximum atomic E-state index is 10.9. The molecule has 0 aromatic heterocycles. The number of aliphatic hydroxyl groups is 1. The van der Waals surface area contributed by atoms with Crippen LogP contribution in [0.3, 0.4) is 0 Å². The minimum Gasteiger partial charge on any atom is -0.390 e. The monoisotopic (exact) mass is 234 g/mol. The van der Waals surface area contributed by atoms with Gasteiger partial charge in [-0.2, -0.15) is 0 Å². The average Bonchev–Trinajstić information content (AvgIpc) is 2.45. The van der Waals surface area contributed by atoms with Crippen LogP contribution in [0, 0.1) is 5.92 Å². The minimum absolute atomic E-state index is 0.200. The van der Waals surface area contributed by atoms with Gasteiger partial charge in [0.2, 0.25) is 0 Å². The van der Waals surface area contributed by atoms with Gasteiger partial charge in [-0.05, 0) is 38.0 Å². The molecule has 0 saturated heterocycles. The van der Waals surface area contributed by atoms with Crippen molar-refractivity contribution >= 4 is 9.84 Å². The highest BCUT2D eigenvalue weighted by Gasteiger charge is 2.35. The van der Waals surface area contributed by atoms with Crippen molar-refractivity contribution in [2.24, 2.45) is 5.92 Å². The van der Waals surface area contributed by atoms with E-state index in [1.165, 1.54) is 6.26 Å². The number of hydrogen-bond donors (Lipinski definition) is 1. The Kier molecular flexibility index (Phi) is 4.18. The number of sulfone groups is 1. The first-order valence-corrected chi connectivity index (χ1v) is 7.81. The van der Waals surface area contributed by atoms with Crippen molar-refractivity contribution in [2.75, 3.05) is 12.0 Å². The van der Waals surface area contributed by atoms with Crippen molar-refractivity contribution in [1.82, 2.24) is 0 Å². The zero-order valence-electron chi connectivity index (χ0n) is 9.70. The second-order valence-electron chi connectivity index (χ2n) is 4.97. The molecule has 90 valence electrons. The van der Waals surface area contributed by atoms with E-state index in [0.717, 1.165) is 25.7 Å². The first-order chi connectivity index (χ1) is 6.85. The molecule has 0 radical (unpaired) electrons. The quantitative estimate of drug-likeness (QED) is 0.788. The highest BCUT2D eigenvalue weighted by atomic mass is 32.2. The predicted octanol–water partition coefficient (Wildman–Crippen LogP) is 1.75. The van der Waals surface area contributed by atoms with Gasteiger partial charge in [0.05, 0.1) is 5.60 Å². The molecule has 15 heavy (non-hydrogen) atoms. The largest absolute Gasteiger partial charge is 0.390 e. The highest BCUT2D eigenvalue weighted by Crippen LogP contribution is 2.39. The summed E-state index contributed by atoms with van der Waals surface area (Å²) in [7, 11) is -2.87. The average molecular weight is 234 g/mol. The molecule has 1 rings (SSSR count). The summed E-state index contributed by atoms with van der Waals surface area (Å²) < 4.78 is 21.9. The van der Waals surface area contributed by atoms with Gasteiger partial charge >= 0.3 is 0 Å². The summed E-state index contributed by atoms with van der Waals surface area (Å²) >= 11 is 0. The lowest BCUT2D eigenvalue weighted by Gasteiger charge is -2.22. The third-order valence-electron chi connectivity index (χ3n) is 3.42. The second-order valence-corrected chi connectivity index (χ2v) is 7.23. The Labute approximate surface area is 92.8 Å². The van der Waals surface area contributed by atoms with Crippen LogP contribution in [0.5, 0.6) is 0 Å². The molecule has 4 heteroatoms. The van der Waals surface area contributed by atoms with E-state index >= 15 is 0 Å². The van der Waals surface area contributed by atoms with E-state index in [-0.39, 0.29) is 5.75 Å². The molecule has 0 aromatic carbocycles. The Morgan fingerprint density at radius 1 is 1.47 bits per heavy atom. The van der Waals surface area contributed by atoms with Gasteiger partial charge < -0.3 is 5.11 Å². The normalized spacial score (nSPS) is 32.1. The fraction of sp³-hybridized carbons (Fsp3) is 1.00. The zero-order chi connectivity index (χ0) is 11.5. The lowest BCUT2D eigenvalue weighted by Crippen LogP contribution is -2.25. The molecule has 0 aromatic rings. The molecule has 0 amide bonds. The van der Waals surface area contributed by atoms with Crippen LogP contribution in [-0.2, 0) is 9.84 Å². The van der Waals surface area contributed by atoms with Gasteiger partial charge in [0, 0.05) is 12.0 Å². The predicted molar refractivity (Wildman–Crippen MR) is 61.5 cm³/mol. The van der Waals surface area contributed by atoms with E-state index in [0.29, 0.717) is 18.8 Å². The summed E-state index contributed by atoms with van der Waals surface area (Å²) in [5.41, 5.74) is -0.578. The van der Waals surface area contributed by atoms with Gasteiger partial charge in [0.25, 0.3) is 0 Å². The van der Waals surface area contributed by atoms with Crippen LogP contribution < -0.4 is 0 Å². The fourth-order valence-electron chi connectivity index (χ4n) is 2.45. The van der Waals surface area contributed by atoms with Crippen LogP contribution >= 0.6 is 0 Å². The molecule has 3 nitrogen and oxygen atoms in total. The molecule has 0 bridgehead atoms. The van der Waals surface area contributed by atoms with Gasteiger partial charge in [-0.25, -0.2) is 8.42 Å². The van der Waals surface area contributed by atoms with Crippen LogP contribution in [0.15, 0.2) is 0 Å². The lowest BCUT2D eigenvalue weighted by atomic mass is 9.94. The molecule has 2 atom stereocenters. The van der Waals surface area contributed by atoms with Crippen LogP contribution in [-0.4, -0.2) is 31.1 Å². The summed E-state index contributed by atoms with van der Waals surface area (Å²) in [5, 5.41) is 10.2. The Morgan fingerprint density at radius 3 is 2.60 bits per heavy atom. The van der Waals surface area contributed by atoms with E-state index in [2.05, 4.69) is 6.92 Å². The summed E-state index contributed by atoms with van der Waals surface area (Å²) in [6.07, 6.45) is 6.38. The van der Waals surface area contributed by atoms with Gasteiger partial charge in [-0.3, -0.25) is 0 Å². The SMILES string of the molecule is CCC1CCC(O)(CCCS(C)(=O)=O)C1. The standard InChI is InChI=1S/C11H22O3S/c1-3-10-5-7-11(12,9-10)6-4-8-15(2,13)14/h10,12H,3-9H2,1-2H3. The molecule has 1 saturated carbocycles. The molecular weight excluding hydrogens is 212 g/mol. The van der Waals surface area contributed by atoms with Crippen LogP contribution in [0.1, 0.15) is 45.4 Å². The molecular formula is C11H22O3S. The lowest BCUT2D eigenvalue weighted by molar-refractivity contribution is 0.0340. The summed E-state index contributed by atoms with van der Waals surface area (Å²) in [6, 6.07) is 0. The van der Waals surface area contributed by atoms with E-state index < -0.39 is 15.4 Å². The molecule has 1 aliphatic carbocycles. The van der Waals surface area contributed by atoms with Gasteiger partial charge in [-0.15, -0.1) is 0 Å². The molecule has 0 aliphatic heterocycles. The molecule has 1 N–H and O–H groups in total. The maximum Gasteiger partial charge on any atom is 0.147 e. The van der Waals surface area contributed by atoms with Crippen molar-refractivity contribution in [2.45, 2.75) is 51.0 Å². The maximum absolute atomic E-state index is 10.9. The van der Waals surface area contributed by atoms with E-state index in [4.69, 9.17) is 0 Å². The van der Waals surface area contributed by atoms with Crippen molar-refractivity contribution in [3.8, 4) is 0 Å². The van der Waals surface area contributed by atoms with Crippen molar-refractivity contribution in [3.63, 3.8) is 0 Å². The smallest absolute Gasteiger partial charge is 0.147 e. The van der Waals surface area contributed by atoms with E-state index in [1.807, 2.05) is 0 Å². The van der Waals surface area contributed by atoms with Crippen molar-refractivity contribution in [1.29, 1.82) is 0 Å². The fourth-order valence-corrected chi connectivity index (χ4v) is 3.12. The van der Waals surface area contributed by atoms with Gasteiger partial charge in [0.1, 0.15) is 9.84 Å². The van der Waals surface area contributed by atoms with Crippen molar-refractivity contribution < 1.29 is 13.5 Å². The van der Waals surface area contributed by atoms with Gasteiger partial charge in [-0.1, -0.05) is 13.3 Å². The van der Waals surface area contributed by atoms with E-state index in [9.17, 15) is 13.5 Å². The van der Waals surface area contributed by atoms with Gasteiger partial charge in [0.15, 0.2) is 0 Å². The topological polar surface area (TPSA) is 54.4 Å². The Morgan fingerprint density at radius 2 is 2.13 bits per heavy atom. The minimum atomic E-state index is -2.87. The molecule has 1 fully saturated rings. The summed E-state index contributed by atoms with van der Waals surface area (Å²) in [6.45, 7) is 2.15. The third kappa shape index (κ3) is 4.51. The molecule has 1 aliphatic rings. The van der Waals surface area contributed by atoms with Crippen LogP contribution in [0.25, 0.3) is 0 Å². The van der Waals surface area contributed by atoms with Crippen LogP contribution in [0.2, 0.25) is 0 Å². The number of rotatable bonds is 5. The first-order valence-electron chi connectivity index (χ1n) is 5.75. The first kappa shape index (κ1) is 13.0. The molecule has 2 unspecified atom stereocenters. The molecule has 0 heterocycles. The summed E-state index contributed by atoms with van der Waals surface area (Å²) in [4.78, 5) is 0. The molecule has 0 spiro atoms. The van der Waals surface area contributed by atoms with E-state index in [1.54, 1.807) is 0 Å².